The minimum Gasteiger partial charge on any atom is -0.460 e. The second kappa shape index (κ2) is 10.4. The summed E-state index contributed by atoms with van der Waals surface area (Å²) < 4.78 is 55.9. The average Bonchev–Trinajstić information content (AvgIpc) is 3.33. The van der Waals surface area contributed by atoms with Crippen LogP contribution >= 0.6 is 0 Å². The number of halogens is 3. The number of rotatable bonds is 7. The second-order valence-corrected chi connectivity index (χ2v) is 10.1. The molecule has 0 spiro atoms. The molecule has 2 amide bonds. The molecule has 212 valence electrons. The molecule has 42 heavy (non-hydrogen) atoms. The van der Waals surface area contributed by atoms with E-state index in [4.69, 9.17) is 14.9 Å². The van der Waals surface area contributed by atoms with Gasteiger partial charge in [0.2, 0.25) is 0 Å². The van der Waals surface area contributed by atoms with E-state index in [-0.39, 0.29) is 64.2 Å². The van der Waals surface area contributed by atoms with Crippen LogP contribution in [0, 0.1) is 24.4 Å². The van der Waals surface area contributed by atoms with Gasteiger partial charge in [0.05, 0.1) is 24.2 Å². The lowest BCUT2D eigenvalue weighted by Crippen LogP contribution is -2.60. The number of nitrogens with one attached hydrogen (secondary N) is 1. The third-order valence-corrected chi connectivity index (χ3v) is 7.33. The van der Waals surface area contributed by atoms with Crippen molar-refractivity contribution in [3.05, 3.63) is 118 Å². The van der Waals surface area contributed by atoms with Crippen LogP contribution in [0.25, 0.3) is 22.1 Å². The quantitative estimate of drug-likeness (QED) is 0.285. The van der Waals surface area contributed by atoms with Crippen LogP contribution in [-0.4, -0.2) is 35.0 Å². The summed E-state index contributed by atoms with van der Waals surface area (Å²) in [6.07, 6.45) is 3.14. The fraction of sp³-hybridized carbons (Fsp3) is 0.161. The third kappa shape index (κ3) is 4.67. The maximum absolute atomic E-state index is 16.2. The van der Waals surface area contributed by atoms with Gasteiger partial charge in [-0.2, -0.15) is 0 Å². The number of nitrogens with zero attached hydrogens (tertiary/aromatic N) is 2. The number of primary amides is 1. The molecule has 0 saturated carbocycles. The molecular formula is C31H23F3N4O4. The highest BCUT2D eigenvalue weighted by Gasteiger charge is 2.44. The van der Waals surface area contributed by atoms with Crippen LogP contribution < -0.4 is 11.1 Å². The van der Waals surface area contributed by atoms with Gasteiger partial charge < -0.3 is 20.2 Å². The minimum atomic E-state index is -0.988. The van der Waals surface area contributed by atoms with E-state index in [2.05, 4.69) is 15.3 Å². The largest absolute Gasteiger partial charge is 0.460 e. The highest BCUT2D eigenvalue weighted by Crippen LogP contribution is 2.37. The highest BCUT2D eigenvalue weighted by molar-refractivity contribution is 6.08. The number of hydrogen-bond acceptors (Lipinski definition) is 6. The zero-order chi connectivity index (χ0) is 29.6. The Morgan fingerprint density at radius 1 is 1.00 bits per heavy atom. The normalized spacial score (nSPS) is 14.0. The number of furan rings is 1. The van der Waals surface area contributed by atoms with Crippen LogP contribution in [0.2, 0.25) is 0 Å². The summed E-state index contributed by atoms with van der Waals surface area (Å²) in [6.45, 7) is 1.72. The number of hydrogen-bond donors (Lipinski definition) is 2. The Balaban J connectivity index is 1.41. The van der Waals surface area contributed by atoms with Gasteiger partial charge in [-0.05, 0) is 66.1 Å². The summed E-state index contributed by atoms with van der Waals surface area (Å²) in [5.41, 5.74) is 5.24. The molecule has 11 heteroatoms. The van der Waals surface area contributed by atoms with Crippen LogP contribution in [0.4, 0.5) is 13.2 Å². The van der Waals surface area contributed by atoms with Gasteiger partial charge >= 0.3 is 0 Å². The van der Waals surface area contributed by atoms with Crippen LogP contribution in [0.15, 0.2) is 71.4 Å². The number of amides is 2. The van der Waals surface area contributed by atoms with Gasteiger partial charge in [-0.15, -0.1) is 0 Å². The van der Waals surface area contributed by atoms with E-state index >= 15 is 8.78 Å². The molecule has 1 saturated heterocycles. The highest BCUT2D eigenvalue weighted by atomic mass is 19.1. The summed E-state index contributed by atoms with van der Waals surface area (Å²) >= 11 is 0. The van der Waals surface area contributed by atoms with E-state index in [1.807, 2.05) is 0 Å². The van der Waals surface area contributed by atoms with Gasteiger partial charge in [0.15, 0.2) is 5.82 Å². The zero-order valence-electron chi connectivity index (χ0n) is 22.2. The first-order chi connectivity index (χ1) is 20.2. The number of nitrogens with two attached hydrogens (primary N) is 1. The molecule has 8 nitrogen and oxygen atoms in total. The summed E-state index contributed by atoms with van der Waals surface area (Å²) in [5.74, 6) is -3.12. The fourth-order valence-electron chi connectivity index (χ4n) is 5.07. The van der Waals surface area contributed by atoms with E-state index in [9.17, 15) is 14.0 Å². The Morgan fingerprint density at radius 3 is 2.36 bits per heavy atom. The SMILES string of the molecule is Cc1c(F)cc(C(=O)NC2(c3ncccn3)COC2)cc1-c1ccc2oc(Cc3ccc(F)cc3)c(C(N)=O)c2c1F. The Kier molecular flexibility index (Phi) is 6.74. The molecule has 3 N–H and O–H groups in total. The Morgan fingerprint density at radius 2 is 1.71 bits per heavy atom. The van der Waals surface area contributed by atoms with Crippen LogP contribution in [0.1, 0.15) is 43.4 Å². The van der Waals surface area contributed by atoms with E-state index < -0.39 is 34.8 Å². The number of carbonyl (C=O) groups excluding carboxylic acids is 2. The van der Waals surface area contributed by atoms with Crippen molar-refractivity contribution >= 4 is 22.8 Å². The number of ether oxygens (including phenoxy) is 1. The van der Waals surface area contributed by atoms with Crippen molar-refractivity contribution in [3.63, 3.8) is 0 Å². The summed E-state index contributed by atoms with van der Waals surface area (Å²) in [6, 6.07) is 12.5. The van der Waals surface area contributed by atoms with Crippen molar-refractivity contribution in [2.45, 2.75) is 18.9 Å². The van der Waals surface area contributed by atoms with Crippen molar-refractivity contribution in [2.75, 3.05) is 13.2 Å². The van der Waals surface area contributed by atoms with Crippen molar-refractivity contribution in [1.29, 1.82) is 0 Å². The molecule has 0 unspecified atom stereocenters. The third-order valence-electron chi connectivity index (χ3n) is 7.33. The fourth-order valence-corrected chi connectivity index (χ4v) is 5.07. The topological polar surface area (TPSA) is 120 Å². The van der Waals surface area contributed by atoms with Crippen LogP contribution in [-0.2, 0) is 16.7 Å². The van der Waals surface area contributed by atoms with Gasteiger partial charge in [0.1, 0.15) is 34.3 Å². The van der Waals surface area contributed by atoms with Crippen molar-refractivity contribution in [3.8, 4) is 11.1 Å². The maximum atomic E-state index is 16.2. The lowest BCUT2D eigenvalue weighted by Gasteiger charge is -2.40. The van der Waals surface area contributed by atoms with Gasteiger partial charge in [0.25, 0.3) is 11.8 Å². The number of benzene rings is 3. The zero-order valence-corrected chi connectivity index (χ0v) is 22.2. The molecular weight excluding hydrogens is 549 g/mol. The van der Waals surface area contributed by atoms with Gasteiger partial charge in [-0.25, -0.2) is 23.1 Å². The standard InChI is InChI=1S/C31H23F3N4O4/c1-16-21(12-18(13-22(16)33)29(40)38-31(14-41-15-31)30-36-9-2-10-37-30)20-7-8-23-25(27(20)34)26(28(35)39)24(42-23)11-17-3-5-19(32)6-4-17/h2-10,12-13H,11,14-15H2,1H3,(H2,35,39)(H,38,40). The summed E-state index contributed by atoms with van der Waals surface area (Å²) in [7, 11) is 0. The molecule has 0 atom stereocenters. The molecule has 1 aliphatic heterocycles. The van der Waals surface area contributed by atoms with Crippen LogP contribution in [0.5, 0.6) is 0 Å². The molecule has 5 aromatic rings. The van der Waals surface area contributed by atoms with Crippen molar-refractivity contribution in [2.24, 2.45) is 5.73 Å². The number of carbonyl (C=O) groups is 2. The molecule has 0 radical (unpaired) electrons. The van der Waals surface area contributed by atoms with Crippen molar-refractivity contribution < 1.29 is 31.9 Å². The van der Waals surface area contributed by atoms with Crippen LogP contribution in [0.3, 0.4) is 0 Å². The summed E-state index contributed by atoms with van der Waals surface area (Å²) in [4.78, 5) is 34.3. The number of aromatic nitrogens is 2. The second-order valence-electron chi connectivity index (χ2n) is 10.1. The predicted molar refractivity (Wildman–Crippen MR) is 146 cm³/mol. The smallest absolute Gasteiger partial charge is 0.253 e. The minimum absolute atomic E-state index is 0.0572. The first-order valence-electron chi connectivity index (χ1n) is 12.9. The lowest BCUT2D eigenvalue weighted by atomic mass is 9.93. The van der Waals surface area contributed by atoms with E-state index in [1.165, 1.54) is 49.4 Å². The maximum Gasteiger partial charge on any atom is 0.253 e. The molecule has 3 aromatic carbocycles. The first-order valence-corrected chi connectivity index (χ1v) is 12.9. The Bertz CT molecular complexity index is 1850. The van der Waals surface area contributed by atoms with E-state index in [0.717, 1.165) is 6.07 Å². The molecule has 0 bridgehead atoms. The Labute approximate surface area is 237 Å². The molecule has 1 aliphatic rings. The average molecular weight is 573 g/mol. The van der Waals surface area contributed by atoms with E-state index in [1.54, 1.807) is 18.5 Å². The van der Waals surface area contributed by atoms with E-state index in [0.29, 0.717) is 11.4 Å². The monoisotopic (exact) mass is 572 g/mol. The predicted octanol–water partition coefficient (Wildman–Crippen LogP) is 4.96. The molecule has 6 rings (SSSR count). The molecule has 1 fully saturated rings. The van der Waals surface area contributed by atoms with Gasteiger partial charge in [-0.1, -0.05) is 12.1 Å². The molecule has 3 heterocycles. The lowest BCUT2D eigenvalue weighted by molar-refractivity contribution is -0.0777. The molecule has 0 aliphatic carbocycles. The summed E-state index contributed by atoms with van der Waals surface area (Å²) in [5, 5.41) is 2.67. The van der Waals surface area contributed by atoms with Crippen molar-refractivity contribution in [1.82, 2.24) is 15.3 Å². The van der Waals surface area contributed by atoms with Gasteiger partial charge in [-0.3, -0.25) is 9.59 Å². The van der Waals surface area contributed by atoms with Gasteiger partial charge in [0, 0.05) is 29.9 Å². The first kappa shape index (κ1) is 27.2. The number of fused-ring (bicyclic) bond motifs is 1. The Hall–Kier alpha value is -5.03. The molecule has 2 aromatic heterocycles.